The number of carbonyl (C=O) groups excluding carboxylic acids is 1. The fourth-order valence-corrected chi connectivity index (χ4v) is 1.69. The highest BCUT2D eigenvalue weighted by atomic mass is 16.1. The summed E-state index contributed by atoms with van der Waals surface area (Å²) in [4.78, 5) is 15.9. The van der Waals surface area contributed by atoms with Crippen LogP contribution in [0.4, 0.5) is 5.69 Å². The Morgan fingerprint density at radius 3 is 3.00 bits per heavy atom. The predicted octanol–water partition coefficient (Wildman–Crippen LogP) is 1.65. The van der Waals surface area contributed by atoms with Crippen molar-refractivity contribution in [3.63, 3.8) is 0 Å². The number of rotatable bonds is 4. The number of nitrogens with one attached hydrogen (secondary N) is 2. The summed E-state index contributed by atoms with van der Waals surface area (Å²) in [6.45, 7) is 4.94. The topological polar surface area (TPSA) is 54.0 Å². The fraction of sp³-hybridized carbons (Fsp3) is 0.500. The normalized spacial score (nSPS) is 22.6. The van der Waals surface area contributed by atoms with Gasteiger partial charge in [-0.15, -0.1) is 0 Å². The van der Waals surface area contributed by atoms with Crippen LogP contribution in [0.25, 0.3) is 0 Å². The zero-order valence-electron chi connectivity index (χ0n) is 9.66. The second-order valence-corrected chi connectivity index (χ2v) is 4.24. The molecule has 1 aliphatic rings. The van der Waals surface area contributed by atoms with Gasteiger partial charge in [0.15, 0.2) is 0 Å². The molecule has 1 fully saturated rings. The molecule has 0 spiro atoms. The third kappa shape index (κ3) is 2.32. The average molecular weight is 219 g/mol. The summed E-state index contributed by atoms with van der Waals surface area (Å²) < 4.78 is 0. The maximum absolute atomic E-state index is 11.9. The van der Waals surface area contributed by atoms with Crippen LogP contribution >= 0.6 is 0 Å². The zero-order chi connectivity index (χ0) is 11.5. The Kier molecular flexibility index (Phi) is 3.08. The number of hydrogen-bond donors (Lipinski definition) is 2. The van der Waals surface area contributed by atoms with Gasteiger partial charge in [-0.1, -0.05) is 6.92 Å². The molecule has 1 aromatic heterocycles. The number of aromatic nitrogens is 1. The molecule has 4 nitrogen and oxygen atoms in total. The number of hydrogen-bond acceptors (Lipinski definition) is 3. The van der Waals surface area contributed by atoms with E-state index in [1.807, 2.05) is 13.0 Å². The van der Waals surface area contributed by atoms with Crippen molar-refractivity contribution in [3.8, 4) is 0 Å². The van der Waals surface area contributed by atoms with Gasteiger partial charge in [0.25, 0.3) is 5.91 Å². The van der Waals surface area contributed by atoms with E-state index in [4.69, 9.17) is 0 Å². The van der Waals surface area contributed by atoms with Gasteiger partial charge in [0.2, 0.25) is 0 Å². The Balaban J connectivity index is 2.09. The van der Waals surface area contributed by atoms with Gasteiger partial charge in [-0.3, -0.25) is 9.78 Å². The monoisotopic (exact) mass is 219 g/mol. The molecule has 0 radical (unpaired) electrons. The van der Waals surface area contributed by atoms with Crippen LogP contribution in [0.15, 0.2) is 18.5 Å². The lowest BCUT2D eigenvalue weighted by Gasteiger charge is -2.09. The third-order valence-electron chi connectivity index (χ3n) is 2.86. The maximum Gasteiger partial charge on any atom is 0.255 e. The first-order valence-corrected chi connectivity index (χ1v) is 5.71. The lowest BCUT2D eigenvalue weighted by molar-refractivity contribution is 0.0950. The van der Waals surface area contributed by atoms with E-state index < -0.39 is 0 Å². The summed E-state index contributed by atoms with van der Waals surface area (Å²) in [6.07, 6.45) is 4.39. The molecule has 4 heteroatoms. The highest BCUT2D eigenvalue weighted by molar-refractivity contribution is 5.99. The van der Waals surface area contributed by atoms with Crippen molar-refractivity contribution < 1.29 is 4.79 Å². The smallest absolute Gasteiger partial charge is 0.255 e. The van der Waals surface area contributed by atoms with Crippen molar-refractivity contribution in [2.75, 3.05) is 11.9 Å². The first-order chi connectivity index (χ1) is 7.72. The van der Waals surface area contributed by atoms with Crippen LogP contribution < -0.4 is 10.6 Å². The van der Waals surface area contributed by atoms with Crippen molar-refractivity contribution in [3.05, 3.63) is 24.0 Å². The van der Waals surface area contributed by atoms with E-state index in [2.05, 4.69) is 22.5 Å². The van der Waals surface area contributed by atoms with E-state index in [1.54, 1.807) is 12.4 Å². The number of amides is 1. The Bertz CT molecular complexity index is 392. The van der Waals surface area contributed by atoms with Crippen LogP contribution in [0.3, 0.4) is 0 Å². The quantitative estimate of drug-likeness (QED) is 0.809. The van der Waals surface area contributed by atoms with E-state index in [1.165, 1.54) is 0 Å². The Labute approximate surface area is 95.5 Å². The second-order valence-electron chi connectivity index (χ2n) is 4.24. The van der Waals surface area contributed by atoms with E-state index in [0.29, 0.717) is 17.5 Å². The summed E-state index contributed by atoms with van der Waals surface area (Å²) in [7, 11) is 0. The fourth-order valence-electron chi connectivity index (χ4n) is 1.69. The first kappa shape index (κ1) is 10.9. The summed E-state index contributed by atoms with van der Waals surface area (Å²) in [6, 6.07) is 2.18. The lowest BCUT2D eigenvalue weighted by atomic mass is 10.2. The molecule has 0 aromatic carbocycles. The van der Waals surface area contributed by atoms with Gasteiger partial charge in [0.05, 0.1) is 11.3 Å². The highest BCUT2D eigenvalue weighted by Gasteiger charge is 2.34. The van der Waals surface area contributed by atoms with E-state index in [9.17, 15) is 4.79 Å². The summed E-state index contributed by atoms with van der Waals surface area (Å²) in [5, 5.41) is 6.16. The minimum atomic E-state index is -0.0293. The largest absolute Gasteiger partial charge is 0.385 e. The van der Waals surface area contributed by atoms with Gasteiger partial charge in [-0.2, -0.15) is 0 Å². The van der Waals surface area contributed by atoms with Gasteiger partial charge in [-0.05, 0) is 25.3 Å². The molecule has 86 valence electrons. The zero-order valence-corrected chi connectivity index (χ0v) is 9.66. The highest BCUT2D eigenvalue weighted by Crippen LogP contribution is 2.29. The number of carbonyl (C=O) groups is 1. The van der Waals surface area contributed by atoms with Gasteiger partial charge >= 0.3 is 0 Å². The van der Waals surface area contributed by atoms with E-state index in [-0.39, 0.29) is 5.91 Å². The number of nitrogens with zero attached hydrogens (tertiary/aromatic N) is 1. The first-order valence-electron chi connectivity index (χ1n) is 5.71. The summed E-state index contributed by atoms with van der Waals surface area (Å²) in [5.41, 5.74) is 1.48. The molecule has 2 unspecified atom stereocenters. The molecule has 2 rings (SSSR count). The molecule has 1 aromatic rings. The van der Waals surface area contributed by atoms with Gasteiger partial charge < -0.3 is 10.6 Å². The van der Waals surface area contributed by atoms with Crippen LogP contribution in [0.2, 0.25) is 0 Å². The minimum Gasteiger partial charge on any atom is -0.385 e. The molecular weight excluding hydrogens is 202 g/mol. The Hall–Kier alpha value is -1.58. The van der Waals surface area contributed by atoms with Crippen LogP contribution in [0.1, 0.15) is 30.6 Å². The van der Waals surface area contributed by atoms with Crippen molar-refractivity contribution in [2.45, 2.75) is 26.3 Å². The molecule has 2 N–H and O–H groups in total. The van der Waals surface area contributed by atoms with Crippen molar-refractivity contribution in [1.29, 1.82) is 0 Å². The number of pyridine rings is 1. The number of anilines is 1. The Morgan fingerprint density at radius 1 is 1.62 bits per heavy atom. The van der Waals surface area contributed by atoms with Gasteiger partial charge in [0.1, 0.15) is 0 Å². The molecule has 0 bridgehead atoms. The minimum absolute atomic E-state index is 0.0293. The average Bonchev–Trinajstić information content (AvgIpc) is 2.95. The van der Waals surface area contributed by atoms with E-state index >= 15 is 0 Å². The maximum atomic E-state index is 11.9. The molecule has 1 aliphatic carbocycles. The van der Waals surface area contributed by atoms with Gasteiger partial charge in [-0.25, -0.2) is 0 Å². The molecular formula is C12H17N3O. The third-order valence-corrected chi connectivity index (χ3v) is 2.86. The van der Waals surface area contributed by atoms with Crippen LogP contribution in [0.5, 0.6) is 0 Å². The Morgan fingerprint density at radius 2 is 2.38 bits per heavy atom. The lowest BCUT2D eigenvalue weighted by Crippen LogP contribution is -2.27. The molecule has 1 heterocycles. The van der Waals surface area contributed by atoms with Crippen molar-refractivity contribution >= 4 is 11.6 Å². The van der Waals surface area contributed by atoms with Crippen LogP contribution in [-0.4, -0.2) is 23.5 Å². The van der Waals surface area contributed by atoms with Crippen LogP contribution in [0, 0.1) is 5.92 Å². The van der Waals surface area contributed by atoms with E-state index in [0.717, 1.165) is 18.7 Å². The SMILES string of the molecule is CCNc1ccncc1C(=O)NC1CC1C. The second kappa shape index (κ2) is 4.51. The molecule has 16 heavy (non-hydrogen) atoms. The van der Waals surface area contributed by atoms with Crippen LogP contribution in [-0.2, 0) is 0 Å². The summed E-state index contributed by atoms with van der Waals surface area (Å²) >= 11 is 0. The molecule has 2 atom stereocenters. The molecule has 0 saturated heterocycles. The standard InChI is InChI=1S/C12H17N3O/c1-3-14-10-4-5-13-7-9(10)12(16)15-11-6-8(11)2/h4-5,7-8,11H,3,6H2,1-2H3,(H,13,14)(H,15,16). The molecule has 0 aliphatic heterocycles. The molecule has 1 saturated carbocycles. The van der Waals surface area contributed by atoms with Gasteiger partial charge in [0, 0.05) is 25.0 Å². The van der Waals surface area contributed by atoms with Crippen molar-refractivity contribution in [1.82, 2.24) is 10.3 Å². The predicted molar refractivity (Wildman–Crippen MR) is 63.4 cm³/mol. The van der Waals surface area contributed by atoms with Crippen molar-refractivity contribution in [2.24, 2.45) is 5.92 Å². The summed E-state index contributed by atoms with van der Waals surface area (Å²) in [5.74, 6) is 0.585. The molecule has 1 amide bonds.